The summed E-state index contributed by atoms with van der Waals surface area (Å²) in [6.07, 6.45) is 2.16. The molecule has 0 amide bonds. The first-order valence-electron chi connectivity index (χ1n) is 7.89. The zero-order chi connectivity index (χ0) is 19.0. The van der Waals surface area contributed by atoms with E-state index >= 15 is 0 Å². The molecule has 0 spiro atoms. The third kappa shape index (κ3) is 3.05. The maximum Gasteiger partial charge on any atom is 0.323 e. The lowest BCUT2D eigenvalue weighted by Gasteiger charge is -2.15. The van der Waals surface area contributed by atoms with E-state index in [1.54, 1.807) is 30.5 Å². The van der Waals surface area contributed by atoms with Crippen molar-refractivity contribution in [2.75, 3.05) is 5.73 Å². The van der Waals surface area contributed by atoms with E-state index in [2.05, 4.69) is 9.98 Å². The highest BCUT2D eigenvalue weighted by Crippen LogP contribution is 2.37. The van der Waals surface area contributed by atoms with Gasteiger partial charge in [0.05, 0.1) is 17.8 Å². The van der Waals surface area contributed by atoms with Crippen molar-refractivity contribution < 1.29 is 20.1 Å². The van der Waals surface area contributed by atoms with Gasteiger partial charge in [-0.1, -0.05) is 6.07 Å². The van der Waals surface area contributed by atoms with Crippen molar-refractivity contribution in [3.63, 3.8) is 0 Å². The molecule has 0 fully saturated rings. The number of aliphatic carboxylic acids is 1. The van der Waals surface area contributed by atoms with Crippen LogP contribution in [0.5, 0.6) is 5.88 Å². The quantitative estimate of drug-likeness (QED) is 0.497. The summed E-state index contributed by atoms with van der Waals surface area (Å²) in [6.45, 7) is 0.921. The lowest BCUT2D eigenvalue weighted by Crippen LogP contribution is -2.27. The van der Waals surface area contributed by atoms with Crippen LogP contribution < -0.4 is 11.5 Å². The van der Waals surface area contributed by atoms with E-state index in [-0.39, 0.29) is 17.4 Å². The second-order valence-corrected chi connectivity index (χ2v) is 6.02. The highest BCUT2D eigenvalue weighted by atomic mass is 16.4. The Morgan fingerprint density at radius 2 is 2.15 bits per heavy atom. The molecular formula is C17H19N5O4. The van der Waals surface area contributed by atoms with Crippen LogP contribution in [0.3, 0.4) is 0 Å². The molecule has 9 heteroatoms. The van der Waals surface area contributed by atoms with Gasteiger partial charge in [-0.05, 0) is 25.1 Å². The minimum Gasteiger partial charge on any atom is -0.493 e. The number of carbonyl (C=O) groups is 1. The Morgan fingerprint density at radius 3 is 2.81 bits per heavy atom. The second-order valence-electron chi connectivity index (χ2n) is 6.02. The molecule has 2 aromatic rings. The Kier molecular flexibility index (Phi) is 4.49. The van der Waals surface area contributed by atoms with E-state index in [1.807, 2.05) is 0 Å². The van der Waals surface area contributed by atoms with Gasteiger partial charge in [-0.25, -0.2) is 4.98 Å². The number of aliphatic hydroxyl groups is 1. The van der Waals surface area contributed by atoms with Gasteiger partial charge in [0.15, 0.2) is 0 Å². The average molecular weight is 357 g/mol. The Morgan fingerprint density at radius 1 is 1.42 bits per heavy atom. The summed E-state index contributed by atoms with van der Waals surface area (Å²) < 4.78 is 1.06. The SMILES string of the molecule is C[C@@H](O)[C@H](N)c1nc(/C=C2\C=Nc3cccc(N)c32)c(O)n1CC(=O)O. The number of allylic oxidation sites excluding steroid dienone is 1. The second kappa shape index (κ2) is 6.62. The monoisotopic (exact) mass is 357 g/mol. The molecule has 136 valence electrons. The van der Waals surface area contributed by atoms with Gasteiger partial charge in [0, 0.05) is 23.0 Å². The number of nitrogen functional groups attached to an aromatic ring is 1. The number of nitrogens with zero attached hydrogens (tertiary/aromatic N) is 3. The van der Waals surface area contributed by atoms with Crippen molar-refractivity contribution in [3.05, 3.63) is 35.3 Å². The Bertz CT molecular complexity index is 929. The molecule has 0 saturated carbocycles. The summed E-state index contributed by atoms with van der Waals surface area (Å²) in [7, 11) is 0. The number of anilines is 1. The van der Waals surface area contributed by atoms with Gasteiger partial charge in [-0.2, -0.15) is 0 Å². The average Bonchev–Trinajstić information content (AvgIpc) is 3.11. The van der Waals surface area contributed by atoms with E-state index < -0.39 is 24.7 Å². The number of fused-ring (bicyclic) bond motifs is 1. The van der Waals surface area contributed by atoms with Gasteiger partial charge in [-0.3, -0.25) is 14.4 Å². The number of aromatic nitrogens is 2. The number of benzene rings is 1. The van der Waals surface area contributed by atoms with Gasteiger partial charge in [0.1, 0.15) is 18.1 Å². The normalized spacial score (nSPS) is 16.7. The first kappa shape index (κ1) is 17.6. The fourth-order valence-corrected chi connectivity index (χ4v) is 2.78. The minimum atomic E-state index is -1.17. The maximum absolute atomic E-state index is 11.1. The molecular weight excluding hydrogens is 338 g/mol. The number of nitrogens with two attached hydrogens (primary N) is 2. The van der Waals surface area contributed by atoms with Crippen molar-refractivity contribution in [2.45, 2.75) is 25.6 Å². The summed E-state index contributed by atoms with van der Waals surface area (Å²) in [4.78, 5) is 19.6. The molecule has 2 heterocycles. The first-order chi connectivity index (χ1) is 12.3. The van der Waals surface area contributed by atoms with Crippen molar-refractivity contribution in [1.29, 1.82) is 0 Å². The molecule has 1 aliphatic heterocycles. The molecule has 1 aromatic heterocycles. The fraction of sp³-hybridized carbons (Fsp3) is 0.235. The number of hydrogen-bond acceptors (Lipinski definition) is 7. The molecule has 0 bridgehead atoms. The number of carboxylic acids is 1. The molecule has 2 atom stereocenters. The summed E-state index contributed by atoms with van der Waals surface area (Å²) in [6, 6.07) is 4.37. The standard InChI is InChI=1S/C17H19N5O4/c1-8(23)15(19)16-21-12(17(26)22(16)7-13(24)25)5-9-6-20-11-4-2-3-10(18)14(9)11/h2-6,8,15,23,26H,7,18-19H2,1H3,(H,24,25)/b9-5+/t8-,15+/m1/s1. The minimum absolute atomic E-state index is 0.0722. The maximum atomic E-state index is 11.1. The molecule has 1 aromatic carbocycles. The number of hydrogen-bond donors (Lipinski definition) is 5. The third-order valence-electron chi connectivity index (χ3n) is 4.11. The summed E-state index contributed by atoms with van der Waals surface area (Å²) >= 11 is 0. The molecule has 7 N–H and O–H groups in total. The highest BCUT2D eigenvalue weighted by molar-refractivity contribution is 6.23. The first-order valence-corrected chi connectivity index (χ1v) is 7.89. The molecule has 0 radical (unpaired) electrons. The number of aromatic hydroxyl groups is 1. The Hall–Kier alpha value is -3.17. The third-order valence-corrected chi connectivity index (χ3v) is 4.11. The van der Waals surface area contributed by atoms with Crippen LogP contribution in [-0.4, -0.2) is 43.2 Å². The van der Waals surface area contributed by atoms with Crippen molar-refractivity contribution in [3.8, 4) is 5.88 Å². The van der Waals surface area contributed by atoms with Gasteiger partial charge in [0.25, 0.3) is 0 Å². The number of rotatable bonds is 5. The van der Waals surface area contributed by atoms with E-state index in [4.69, 9.17) is 16.6 Å². The molecule has 1 aliphatic rings. The lowest BCUT2D eigenvalue weighted by molar-refractivity contribution is -0.137. The van der Waals surface area contributed by atoms with Crippen molar-refractivity contribution in [2.24, 2.45) is 10.7 Å². The van der Waals surface area contributed by atoms with Crippen LogP contribution in [0.4, 0.5) is 11.4 Å². The van der Waals surface area contributed by atoms with Gasteiger partial charge < -0.3 is 26.8 Å². The summed E-state index contributed by atoms with van der Waals surface area (Å²) in [5.74, 6) is -1.46. The fourth-order valence-electron chi connectivity index (χ4n) is 2.78. The molecule has 0 aliphatic carbocycles. The number of aliphatic imine (C=N–C) groups is 1. The highest BCUT2D eigenvalue weighted by Gasteiger charge is 2.25. The molecule has 26 heavy (non-hydrogen) atoms. The lowest BCUT2D eigenvalue weighted by atomic mass is 10.0. The van der Waals surface area contributed by atoms with Gasteiger partial charge in [-0.15, -0.1) is 0 Å². The predicted octanol–water partition coefficient (Wildman–Crippen LogP) is 0.893. The molecule has 0 saturated heterocycles. The topological polar surface area (TPSA) is 160 Å². The number of aliphatic hydroxyl groups excluding tert-OH is 1. The zero-order valence-corrected chi connectivity index (χ0v) is 14.0. The zero-order valence-electron chi connectivity index (χ0n) is 14.0. The van der Waals surface area contributed by atoms with E-state index in [9.17, 15) is 15.0 Å². The Balaban J connectivity index is 2.11. The predicted molar refractivity (Wildman–Crippen MR) is 97.0 cm³/mol. The van der Waals surface area contributed by atoms with E-state index in [0.29, 0.717) is 22.5 Å². The number of carboxylic acid groups (broad SMARTS) is 1. The summed E-state index contributed by atoms with van der Waals surface area (Å²) in [5.41, 5.74) is 14.6. The van der Waals surface area contributed by atoms with Crippen LogP contribution in [0.1, 0.15) is 30.0 Å². The number of imidazole rings is 1. The van der Waals surface area contributed by atoms with Crippen molar-refractivity contribution >= 4 is 35.2 Å². The summed E-state index contributed by atoms with van der Waals surface area (Å²) in [5, 5.41) is 29.2. The molecule has 0 unspecified atom stereocenters. The van der Waals surface area contributed by atoms with Gasteiger partial charge in [0.2, 0.25) is 5.88 Å². The molecule has 3 rings (SSSR count). The largest absolute Gasteiger partial charge is 0.493 e. The van der Waals surface area contributed by atoms with Gasteiger partial charge >= 0.3 is 5.97 Å². The van der Waals surface area contributed by atoms with Crippen LogP contribution in [0.2, 0.25) is 0 Å². The van der Waals surface area contributed by atoms with Crippen LogP contribution in [0.15, 0.2) is 23.2 Å². The Labute approximate surface area is 148 Å². The smallest absolute Gasteiger partial charge is 0.323 e. The van der Waals surface area contributed by atoms with Crippen LogP contribution in [-0.2, 0) is 11.3 Å². The van der Waals surface area contributed by atoms with Crippen LogP contribution in [0, 0.1) is 0 Å². The van der Waals surface area contributed by atoms with Crippen LogP contribution >= 0.6 is 0 Å². The van der Waals surface area contributed by atoms with E-state index in [1.165, 1.54) is 6.92 Å². The van der Waals surface area contributed by atoms with E-state index in [0.717, 1.165) is 4.57 Å². The van der Waals surface area contributed by atoms with Crippen LogP contribution in [0.25, 0.3) is 11.6 Å². The molecule has 9 nitrogen and oxygen atoms in total. The van der Waals surface area contributed by atoms with Crippen molar-refractivity contribution in [1.82, 2.24) is 9.55 Å².